The molecule has 0 amide bonds. The third-order valence-corrected chi connectivity index (χ3v) is 6.44. The molecule has 0 bridgehead atoms. The molecule has 0 atom stereocenters. The Morgan fingerprint density at radius 2 is 1.94 bits per heavy atom. The number of fused-ring (bicyclic) bond motifs is 3. The van der Waals surface area contributed by atoms with Crippen molar-refractivity contribution < 1.29 is 23.7 Å². The van der Waals surface area contributed by atoms with Gasteiger partial charge in [0.2, 0.25) is 5.78 Å². The van der Waals surface area contributed by atoms with Crippen molar-refractivity contribution in [3.8, 4) is 23.0 Å². The largest absolute Gasteiger partial charge is 0.497 e. The highest BCUT2D eigenvalue weighted by Gasteiger charge is 2.35. The Kier molecular flexibility index (Phi) is 5.94. The molecule has 0 fully saturated rings. The SMILES string of the molecule is COc1ccc(/C=C2\Oc3c4c(cc(C)c3C2=O)OCN(Cc2ccccc2Cl)C4)c(OC)c1. The number of rotatable bonds is 5. The van der Waals surface area contributed by atoms with Gasteiger partial charge in [0.05, 0.1) is 25.3 Å². The molecule has 2 aliphatic heterocycles. The highest BCUT2D eigenvalue weighted by Crippen LogP contribution is 2.44. The van der Waals surface area contributed by atoms with Crippen LogP contribution in [0.25, 0.3) is 6.08 Å². The second-order valence-electron chi connectivity index (χ2n) is 8.27. The summed E-state index contributed by atoms with van der Waals surface area (Å²) >= 11 is 6.35. The Hall–Kier alpha value is -3.48. The Labute approximate surface area is 203 Å². The number of ketones is 1. The number of benzene rings is 3. The number of allylic oxidation sites excluding steroid dienone is 1. The monoisotopic (exact) mass is 477 g/mol. The summed E-state index contributed by atoms with van der Waals surface area (Å²) in [5, 5.41) is 0.715. The number of ether oxygens (including phenoxy) is 4. The zero-order valence-corrected chi connectivity index (χ0v) is 19.9. The minimum absolute atomic E-state index is 0.156. The molecule has 2 aliphatic rings. The third-order valence-electron chi connectivity index (χ3n) is 6.07. The highest BCUT2D eigenvalue weighted by molar-refractivity contribution is 6.31. The molecule has 174 valence electrons. The van der Waals surface area contributed by atoms with E-state index in [0.29, 0.717) is 47.7 Å². The standard InChI is InChI=1S/C27H24ClNO5/c1-16-10-23-20(14-29(15-33-23)13-18-6-4-5-7-21(18)28)27-25(16)26(30)24(34-27)11-17-8-9-19(31-2)12-22(17)32-3/h4-12H,13-15H2,1-3H3/b24-11-. The van der Waals surface area contributed by atoms with E-state index in [1.165, 1.54) is 0 Å². The number of carbonyl (C=O) groups is 1. The number of nitrogens with zero attached hydrogens (tertiary/aromatic N) is 1. The first-order valence-electron chi connectivity index (χ1n) is 10.9. The van der Waals surface area contributed by atoms with Gasteiger partial charge in [-0.25, -0.2) is 0 Å². The molecule has 6 nitrogen and oxygen atoms in total. The van der Waals surface area contributed by atoms with Gasteiger partial charge in [-0.1, -0.05) is 29.8 Å². The van der Waals surface area contributed by atoms with E-state index in [9.17, 15) is 4.79 Å². The van der Waals surface area contributed by atoms with Crippen molar-refractivity contribution in [2.45, 2.75) is 20.0 Å². The summed E-state index contributed by atoms with van der Waals surface area (Å²) in [7, 11) is 3.17. The lowest BCUT2D eigenvalue weighted by molar-refractivity contribution is 0.0872. The number of carbonyl (C=O) groups excluding carboxylic acids is 1. The van der Waals surface area contributed by atoms with Crippen molar-refractivity contribution in [2.24, 2.45) is 0 Å². The van der Waals surface area contributed by atoms with Crippen LogP contribution in [0, 0.1) is 6.92 Å². The van der Waals surface area contributed by atoms with Gasteiger partial charge in [-0.15, -0.1) is 0 Å². The summed E-state index contributed by atoms with van der Waals surface area (Å²) in [5.74, 6) is 2.65. The third kappa shape index (κ3) is 4.00. The van der Waals surface area contributed by atoms with Crippen LogP contribution in [-0.2, 0) is 13.1 Å². The number of aryl methyl sites for hydroxylation is 1. The van der Waals surface area contributed by atoms with E-state index < -0.39 is 0 Å². The van der Waals surface area contributed by atoms with Crippen molar-refractivity contribution in [2.75, 3.05) is 21.0 Å². The van der Waals surface area contributed by atoms with Crippen LogP contribution >= 0.6 is 11.6 Å². The quantitative estimate of drug-likeness (QED) is 0.444. The van der Waals surface area contributed by atoms with E-state index in [1.54, 1.807) is 26.4 Å². The molecule has 7 heteroatoms. The van der Waals surface area contributed by atoms with Crippen LogP contribution in [0.1, 0.15) is 32.6 Å². The summed E-state index contributed by atoms with van der Waals surface area (Å²) in [4.78, 5) is 15.4. The maximum absolute atomic E-state index is 13.3. The average Bonchev–Trinajstić information content (AvgIpc) is 3.18. The van der Waals surface area contributed by atoms with Crippen LogP contribution in [-0.4, -0.2) is 31.6 Å². The first kappa shape index (κ1) is 22.3. The van der Waals surface area contributed by atoms with Crippen molar-refractivity contribution in [3.05, 3.63) is 87.1 Å². The Morgan fingerprint density at radius 1 is 1.12 bits per heavy atom. The molecule has 0 radical (unpaired) electrons. The molecule has 3 aromatic rings. The molecule has 0 aliphatic carbocycles. The first-order valence-corrected chi connectivity index (χ1v) is 11.3. The maximum Gasteiger partial charge on any atom is 0.232 e. The Bertz CT molecular complexity index is 1320. The molecule has 5 rings (SSSR count). The minimum atomic E-state index is -0.156. The molecular weight excluding hydrogens is 454 g/mol. The molecular formula is C27H24ClNO5. The lowest BCUT2D eigenvalue weighted by atomic mass is 9.98. The molecule has 0 unspecified atom stereocenters. The number of methoxy groups -OCH3 is 2. The normalized spacial score (nSPS) is 16.0. The van der Waals surface area contributed by atoms with Gasteiger partial charge in [-0.3, -0.25) is 9.69 Å². The van der Waals surface area contributed by atoms with Crippen LogP contribution in [0.15, 0.2) is 54.3 Å². The summed E-state index contributed by atoms with van der Waals surface area (Å²) in [6.07, 6.45) is 1.71. The average molecular weight is 478 g/mol. The van der Waals surface area contributed by atoms with Crippen LogP contribution in [0.3, 0.4) is 0 Å². The van der Waals surface area contributed by atoms with Gasteiger partial charge in [-0.2, -0.15) is 0 Å². The van der Waals surface area contributed by atoms with Gasteiger partial charge in [0.15, 0.2) is 5.76 Å². The molecule has 0 N–H and O–H groups in total. The van der Waals surface area contributed by atoms with Crippen molar-refractivity contribution in [1.29, 1.82) is 0 Å². The topological polar surface area (TPSA) is 57.2 Å². The fraction of sp³-hybridized carbons (Fsp3) is 0.222. The van der Waals surface area contributed by atoms with E-state index in [0.717, 1.165) is 28.0 Å². The maximum atomic E-state index is 13.3. The Morgan fingerprint density at radius 3 is 2.71 bits per heavy atom. The molecule has 3 aromatic carbocycles. The molecule has 0 saturated carbocycles. The van der Waals surface area contributed by atoms with E-state index in [1.807, 2.05) is 49.4 Å². The predicted molar refractivity (Wildman–Crippen MR) is 130 cm³/mol. The Balaban J connectivity index is 1.47. The van der Waals surface area contributed by atoms with Crippen LogP contribution in [0.2, 0.25) is 5.02 Å². The van der Waals surface area contributed by atoms with Gasteiger partial charge < -0.3 is 18.9 Å². The summed E-state index contributed by atoms with van der Waals surface area (Å²) in [5.41, 5.74) is 3.99. The summed E-state index contributed by atoms with van der Waals surface area (Å²) in [6.45, 7) is 3.53. The van der Waals surface area contributed by atoms with E-state index in [2.05, 4.69) is 4.90 Å². The van der Waals surface area contributed by atoms with Crippen LogP contribution in [0.4, 0.5) is 0 Å². The second kappa shape index (κ2) is 9.05. The molecule has 34 heavy (non-hydrogen) atoms. The summed E-state index contributed by atoms with van der Waals surface area (Å²) < 4.78 is 23.0. The fourth-order valence-corrected chi connectivity index (χ4v) is 4.52. The van der Waals surface area contributed by atoms with Crippen molar-refractivity contribution in [3.63, 3.8) is 0 Å². The molecule has 2 heterocycles. The smallest absolute Gasteiger partial charge is 0.232 e. The molecule has 0 saturated heterocycles. The van der Waals surface area contributed by atoms with Crippen LogP contribution < -0.4 is 18.9 Å². The number of hydrogen-bond donors (Lipinski definition) is 0. The minimum Gasteiger partial charge on any atom is -0.497 e. The van der Waals surface area contributed by atoms with Gasteiger partial charge in [0.1, 0.15) is 29.7 Å². The highest BCUT2D eigenvalue weighted by atomic mass is 35.5. The zero-order chi connectivity index (χ0) is 23.8. The fourth-order valence-electron chi connectivity index (χ4n) is 4.32. The zero-order valence-electron chi connectivity index (χ0n) is 19.2. The van der Waals surface area contributed by atoms with Crippen molar-refractivity contribution in [1.82, 2.24) is 4.90 Å². The molecule has 0 aromatic heterocycles. The van der Waals surface area contributed by atoms with E-state index in [-0.39, 0.29) is 11.5 Å². The first-order chi connectivity index (χ1) is 16.5. The number of Topliss-reactive ketones (excluding diaryl/α,β-unsaturated/α-hetero) is 1. The van der Waals surface area contributed by atoms with Gasteiger partial charge >= 0.3 is 0 Å². The number of hydrogen-bond acceptors (Lipinski definition) is 6. The van der Waals surface area contributed by atoms with Gasteiger partial charge in [0, 0.05) is 29.7 Å². The lowest BCUT2D eigenvalue weighted by Crippen LogP contribution is -2.32. The number of halogens is 1. The summed E-state index contributed by atoms with van der Waals surface area (Å²) in [6, 6.07) is 15.1. The lowest BCUT2D eigenvalue weighted by Gasteiger charge is -2.30. The molecule has 0 spiro atoms. The predicted octanol–water partition coefficient (Wildman–Crippen LogP) is 5.63. The van der Waals surface area contributed by atoms with Crippen molar-refractivity contribution >= 4 is 23.5 Å². The van der Waals surface area contributed by atoms with Gasteiger partial charge in [-0.05, 0) is 48.4 Å². The van der Waals surface area contributed by atoms with E-state index in [4.69, 9.17) is 30.5 Å². The second-order valence-corrected chi connectivity index (χ2v) is 8.68. The van der Waals surface area contributed by atoms with Gasteiger partial charge in [0.25, 0.3) is 0 Å². The van der Waals surface area contributed by atoms with Crippen LogP contribution in [0.5, 0.6) is 23.0 Å². The van der Waals surface area contributed by atoms with E-state index >= 15 is 0 Å².